The van der Waals surface area contributed by atoms with Gasteiger partial charge in [0.1, 0.15) is 5.76 Å². The largest absolute Gasteiger partial charge is 0.361 e. The second kappa shape index (κ2) is 6.47. The van der Waals surface area contributed by atoms with Gasteiger partial charge < -0.3 is 9.84 Å². The third-order valence-electron chi connectivity index (χ3n) is 2.27. The Morgan fingerprint density at radius 1 is 1.29 bits per heavy atom. The molecule has 1 aromatic heterocycles. The fraction of sp³-hybridized carbons (Fsp3) is 0.308. The SMILES string of the molecule is Cc1cc(CNCCSc2ccccc2)no1. The summed E-state index contributed by atoms with van der Waals surface area (Å²) >= 11 is 1.85. The molecule has 2 aromatic rings. The van der Waals surface area contributed by atoms with Gasteiger partial charge in [-0.05, 0) is 19.1 Å². The molecule has 90 valence electrons. The number of benzene rings is 1. The standard InChI is InChI=1S/C13H16N2OS/c1-11-9-12(15-16-11)10-14-7-8-17-13-5-3-2-4-6-13/h2-6,9,14H,7-8,10H2,1H3. The van der Waals surface area contributed by atoms with E-state index in [1.165, 1.54) is 4.90 Å². The average Bonchev–Trinajstić information content (AvgIpc) is 2.76. The van der Waals surface area contributed by atoms with Crippen LogP contribution in [-0.4, -0.2) is 17.5 Å². The molecule has 0 unspecified atom stereocenters. The Hall–Kier alpha value is -1.26. The molecule has 0 aliphatic heterocycles. The Balaban J connectivity index is 1.61. The minimum atomic E-state index is 0.771. The van der Waals surface area contributed by atoms with Gasteiger partial charge in [-0.25, -0.2) is 0 Å². The van der Waals surface area contributed by atoms with E-state index in [4.69, 9.17) is 4.52 Å². The van der Waals surface area contributed by atoms with Gasteiger partial charge in [0.05, 0.1) is 5.69 Å². The Kier molecular flexibility index (Phi) is 4.64. The highest BCUT2D eigenvalue weighted by atomic mass is 32.2. The molecule has 1 heterocycles. The molecule has 1 aromatic carbocycles. The van der Waals surface area contributed by atoms with Crippen LogP contribution in [0.1, 0.15) is 11.5 Å². The summed E-state index contributed by atoms with van der Waals surface area (Å²) < 4.78 is 5.00. The first kappa shape index (κ1) is 12.2. The van der Waals surface area contributed by atoms with Crippen LogP contribution in [0.5, 0.6) is 0 Å². The third-order valence-corrected chi connectivity index (χ3v) is 3.29. The van der Waals surface area contributed by atoms with Crippen LogP contribution in [0.4, 0.5) is 0 Å². The van der Waals surface area contributed by atoms with Gasteiger partial charge in [-0.1, -0.05) is 23.4 Å². The Morgan fingerprint density at radius 3 is 2.82 bits per heavy atom. The van der Waals surface area contributed by atoms with Crippen molar-refractivity contribution in [2.24, 2.45) is 0 Å². The molecule has 0 atom stereocenters. The first-order chi connectivity index (χ1) is 8.34. The highest BCUT2D eigenvalue weighted by Crippen LogP contribution is 2.15. The van der Waals surface area contributed by atoms with Crippen molar-refractivity contribution in [3.8, 4) is 0 Å². The van der Waals surface area contributed by atoms with Crippen molar-refractivity contribution in [2.75, 3.05) is 12.3 Å². The van der Waals surface area contributed by atoms with Gasteiger partial charge in [0, 0.05) is 29.8 Å². The van der Waals surface area contributed by atoms with Crippen molar-refractivity contribution < 1.29 is 4.52 Å². The Morgan fingerprint density at radius 2 is 2.12 bits per heavy atom. The lowest BCUT2D eigenvalue weighted by molar-refractivity contribution is 0.388. The molecule has 0 bridgehead atoms. The van der Waals surface area contributed by atoms with Crippen molar-refractivity contribution in [1.29, 1.82) is 0 Å². The smallest absolute Gasteiger partial charge is 0.133 e. The number of hydrogen-bond donors (Lipinski definition) is 1. The quantitative estimate of drug-likeness (QED) is 0.630. The molecule has 0 fully saturated rings. The van der Waals surface area contributed by atoms with Gasteiger partial charge in [-0.3, -0.25) is 0 Å². The summed E-state index contributed by atoms with van der Waals surface area (Å²) in [6, 6.07) is 12.4. The Bertz CT molecular complexity index is 442. The summed E-state index contributed by atoms with van der Waals surface area (Å²) in [6.07, 6.45) is 0. The molecule has 0 saturated carbocycles. The summed E-state index contributed by atoms with van der Waals surface area (Å²) in [5.41, 5.74) is 0.965. The first-order valence-electron chi connectivity index (χ1n) is 5.65. The van der Waals surface area contributed by atoms with Gasteiger partial charge in [0.2, 0.25) is 0 Å². The van der Waals surface area contributed by atoms with E-state index in [-0.39, 0.29) is 0 Å². The predicted molar refractivity (Wildman–Crippen MR) is 70.1 cm³/mol. The van der Waals surface area contributed by atoms with Crippen molar-refractivity contribution >= 4 is 11.8 Å². The lowest BCUT2D eigenvalue weighted by Gasteiger charge is -2.02. The zero-order chi connectivity index (χ0) is 11.9. The molecule has 3 nitrogen and oxygen atoms in total. The van der Waals surface area contributed by atoms with Crippen LogP contribution < -0.4 is 5.32 Å². The fourth-order valence-corrected chi connectivity index (χ4v) is 2.31. The number of nitrogens with zero attached hydrogens (tertiary/aromatic N) is 1. The van der Waals surface area contributed by atoms with Crippen molar-refractivity contribution in [3.63, 3.8) is 0 Å². The maximum absolute atomic E-state index is 5.00. The summed E-state index contributed by atoms with van der Waals surface area (Å²) in [7, 11) is 0. The van der Waals surface area contributed by atoms with E-state index in [1.54, 1.807) is 0 Å². The lowest BCUT2D eigenvalue weighted by atomic mass is 10.4. The zero-order valence-electron chi connectivity index (χ0n) is 9.85. The maximum atomic E-state index is 5.00. The second-order valence-corrected chi connectivity index (χ2v) is 4.94. The topological polar surface area (TPSA) is 38.1 Å². The molecule has 0 aliphatic carbocycles. The number of nitrogens with one attached hydrogen (secondary N) is 1. The van der Waals surface area contributed by atoms with Crippen LogP contribution in [0.3, 0.4) is 0 Å². The zero-order valence-corrected chi connectivity index (χ0v) is 10.7. The van der Waals surface area contributed by atoms with Crippen LogP contribution in [-0.2, 0) is 6.54 Å². The minimum Gasteiger partial charge on any atom is -0.361 e. The molecule has 2 rings (SSSR count). The van der Waals surface area contributed by atoms with Crippen LogP contribution in [0.25, 0.3) is 0 Å². The fourth-order valence-electron chi connectivity index (χ4n) is 1.48. The molecule has 0 radical (unpaired) electrons. The number of aryl methyl sites for hydroxylation is 1. The second-order valence-electron chi connectivity index (χ2n) is 3.77. The molecule has 0 spiro atoms. The predicted octanol–water partition coefficient (Wildman–Crippen LogP) is 2.86. The maximum Gasteiger partial charge on any atom is 0.133 e. The van der Waals surface area contributed by atoms with Crippen LogP contribution in [0.15, 0.2) is 45.8 Å². The first-order valence-corrected chi connectivity index (χ1v) is 6.64. The molecular formula is C13H16N2OS. The van der Waals surface area contributed by atoms with Crippen molar-refractivity contribution in [3.05, 3.63) is 47.9 Å². The summed E-state index contributed by atoms with van der Waals surface area (Å²) in [6.45, 7) is 3.64. The normalized spacial score (nSPS) is 10.6. The molecular weight excluding hydrogens is 232 g/mol. The van der Waals surface area contributed by atoms with Crippen molar-refractivity contribution in [1.82, 2.24) is 10.5 Å². The number of aromatic nitrogens is 1. The lowest BCUT2D eigenvalue weighted by Crippen LogP contribution is -2.16. The summed E-state index contributed by atoms with van der Waals surface area (Å²) in [5, 5.41) is 7.27. The highest BCUT2D eigenvalue weighted by molar-refractivity contribution is 7.99. The van der Waals surface area contributed by atoms with Gasteiger partial charge in [0.25, 0.3) is 0 Å². The summed E-state index contributed by atoms with van der Waals surface area (Å²) in [5.74, 6) is 1.92. The van der Waals surface area contributed by atoms with E-state index in [1.807, 2.05) is 30.8 Å². The third kappa shape index (κ3) is 4.24. The van der Waals surface area contributed by atoms with Gasteiger partial charge in [-0.2, -0.15) is 0 Å². The van der Waals surface area contributed by atoms with Crippen molar-refractivity contribution in [2.45, 2.75) is 18.4 Å². The molecule has 1 N–H and O–H groups in total. The molecule has 4 heteroatoms. The van der Waals surface area contributed by atoms with Crippen LogP contribution in [0, 0.1) is 6.92 Å². The number of thioether (sulfide) groups is 1. The minimum absolute atomic E-state index is 0.771. The average molecular weight is 248 g/mol. The van der Waals surface area contributed by atoms with Gasteiger partial charge >= 0.3 is 0 Å². The van der Waals surface area contributed by atoms with Crippen LogP contribution >= 0.6 is 11.8 Å². The van der Waals surface area contributed by atoms with E-state index in [2.05, 4.69) is 34.7 Å². The molecule has 0 aliphatic rings. The molecule has 17 heavy (non-hydrogen) atoms. The van der Waals surface area contributed by atoms with E-state index >= 15 is 0 Å². The summed E-state index contributed by atoms with van der Waals surface area (Å²) in [4.78, 5) is 1.31. The van der Waals surface area contributed by atoms with Crippen LogP contribution in [0.2, 0.25) is 0 Å². The number of hydrogen-bond acceptors (Lipinski definition) is 4. The van der Waals surface area contributed by atoms with E-state index in [9.17, 15) is 0 Å². The number of rotatable bonds is 6. The Labute approximate surface area is 106 Å². The highest BCUT2D eigenvalue weighted by Gasteiger charge is 1.99. The molecule has 0 amide bonds. The van der Waals surface area contributed by atoms with Gasteiger partial charge in [0.15, 0.2) is 0 Å². The van der Waals surface area contributed by atoms with E-state index < -0.39 is 0 Å². The monoisotopic (exact) mass is 248 g/mol. The molecule has 0 saturated heterocycles. The van der Waals surface area contributed by atoms with Gasteiger partial charge in [-0.15, -0.1) is 11.8 Å². The van der Waals surface area contributed by atoms with E-state index in [0.29, 0.717) is 0 Å². The van der Waals surface area contributed by atoms with E-state index in [0.717, 1.165) is 30.3 Å².